The highest BCUT2D eigenvalue weighted by Crippen LogP contribution is 2.32. The molecule has 5 nitrogen and oxygen atoms in total. The van der Waals surface area contributed by atoms with Crippen molar-refractivity contribution in [3.63, 3.8) is 0 Å². The number of benzene rings is 1. The lowest BCUT2D eigenvalue weighted by molar-refractivity contribution is -0.119. The number of nitrogens with one attached hydrogen (secondary N) is 1. The maximum Gasteiger partial charge on any atom is 0.247 e. The van der Waals surface area contributed by atoms with E-state index >= 15 is 0 Å². The largest absolute Gasteiger partial charge is 0.489 e. The second kappa shape index (κ2) is 4.02. The Morgan fingerprint density at radius 3 is 3.00 bits per heavy atom. The first-order chi connectivity index (χ1) is 7.63. The topological polar surface area (TPSA) is 67.6 Å². The molecule has 1 amide bonds. The fourth-order valence-corrected chi connectivity index (χ4v) is 1.68. The monoisotopic (exact) mass is 221 g/mol. The molecule has 0 saturated carbocycles. The molecule has 1 aromatic rings. The van der Waals surface area contributed by atoms with Crippen molar-refractivity contribution in [2.75, 3.05) is 30.9 Å². The van der Waals surface area contributed by atoms with Crippen LogP contribution >= 0.6 is 0 Å². The first kappa shape index (κ1) is 10.8. The summed E-state index contributed by atoms with van der Waals surface area (Å²) >= 11 is 0. The van der Waals surface area contributed by atoms with Crippen LogP contribution in [0.25, 0.3) is 0 Å². The third kappa shape index (κ3) is 1.69. The highest BCUT2D eigenvalue weighted by atomic mass is 16.5. The number of carbonyl (C=O) groups excluding carboxylic acids is 1. The van der Waals surface area contributed by atoms with E-state index in [2.05, 4.69) is 5.32 Å². The molecule has 86 valence electrons. The molecule has 1 aliphatic rings. The standard InChI is InChI=1S/C11H15N3O2/c1-13-7-3-4-10-9(5-7)14(2)11(15)8(12)6-16-10/h3-5,8,13H,6,12H2,1-2H3. The Bertz CT molecular complexity index is 420. The SMILES string of the molecule is CNc1ccc2c(c1)N(C)C(=O)C(N)CO2. The smallest absolute Gasteiger partial charge is 0.247 e. The Hall–Kier alpha value is -1.75. The van der Waals surface area contributed by atoms with Crippen LogP contribution in [0.4, 0.5) is 11.4 Å². The third-order valence-corrected chi connectivity index (χ3v) is 2.68. The Morgan fingerprint density at radius 2 is 2.31 bits per heavy atom. The summed E-state index contributed by atoms with van der Waals surface area (Å²) in [5.41, 5.74) is 7.36. The number of nitrogens with zero attached hydrogens (tertiary/aromatic N) is 1. The van der Waals surface area contributed by atoms with Crippen molar-refractivity contribution in [1.82, 2.24) is 0 Å². The van der Waals surface area contributed by atoms with Gasteiger partial charge < -0.3 is 20.7 Å². The van der Waals surface area contributed by atoms with Crippen molar-refractivity contribution < 1.29 is 9.53 Å². The average molecular weight is 221 g/mol. The molecule has 0 bridgehead atoms. The highest BCUT2D eigenvalue weighted by molar-refractivity contribution is 5.99. The van der Waals surface area contributed by atoms with E-state index in [0.717, 1.165) is 11.4 Å². The van der Waals surface area contributed by atoms with Gasteiger partial charge in [0.25, 0.3) is 0 Å². The van der Waals surface area contributed by atoms with Crippen molar-refractivity contribution in [3.05, 3.63) is 18.2 Å². The first-order valence-electron chi connectivity index (χ1n) is 5.11. The number of hydrogen-bond acceptors (Lipinski definition) is 4. The van der Waals surface area contributed by atoms with Gasteiger partial charge in [-0.05, 0) is 18.2 Å². The second-order valence-electron chi connectivity index (χ2n) is 3.75. The maximum atomic E-state index is 11.8. The van der Waals surface area contributed by atoms with E-state index in [1.165, 1.54) is 4.90 Å². The molecule has 1 unspecified atom stereocenters. The number of rotatable bonds is 1. The van der Waals surface area contributed by atoms with Crippen LogP contribution in [0.1, 0.15) is 0 Å². The molecule has 0 aliphatic carbocycles. The summed E-state index contributed by atoms with van der Waals surface area (Å²) in [6.07, 6.45) is 0. The van der Waals surface area contributed by atoms with Crippen molar-refractivity contribution in [3.8, 4) is 5.75 Å². The molecule has 0 spiro atoms. The normalized spacial score (nSPS) is 19.8. The summed E-state index contributed by atoms with van der Waals surface area (Å²) in [6, 6.07) is 5.00. The lowest BCUT2D eigenvalue weighted by atomic mass is 10.2. The molecule has 1 atom stereocenters. The van der Waals surface area contributed by atoms with E-state index in [9.17, 15) is 4.79 Å². The number of fused-ring (bicyclic) bond motifs is 1. The number of anilines is 2. The molecule has 2 rings (SSSR count). The molecule has 1 heterocycles. The lowest BCUT2D eigenvalue weighted by Crippen LogP contribution is -2.43. The fourth-order valence-electron chi connectivity index (χ4n) is 1.68. The van der Waals surface area contributed by atoms with Crippen molar-refractivity contribution >= 4 is 17.3 Å². The summed E-state index contributed by atoms with van der Waals surface area (Å²) in [5.74, 6) is 0.551. The van der Waals surface area contributed by atoms with Crippen LogP contribution in [0.5, 0.6) is 5.75 Å². The molecule has 0 saturated heterocycles. The Labute approximate surface area is 94.2 Å². The zero-order valence-electron chi connectivity index (χ0n) is 9.36. The summed E-state index contributed by atoms with van der Waals surface area (Å²) in [7, 11) is 3.53. The highest BCUT2D eigenvalue weighted by Gasteiger charge is 2.26. The van der Waals surface area contributed by atoms with Crippen LogP contribution in [0.3, 0.4) is 0 Å². The Morgan fingerprint density at radius 1 is 1.56 bits per heavy atom. The number of carbonyl (C=O) groups is 1. The molecular formula is C11H15N3O2. The molecule has 1 aromatic carbocycles. The van der Waals surface area contributed by atoms with Gasteiger partial charge in [-0.1, -0.05) is 0 Å². The van der Waals surface area contributed by atoms with Gasteiger partial charge in [0.15, 0.2) is 0 Å². The number of nitrogens with two attached hydrogens (primary N) is 1. The fraction of sp³-hybridized carbons (Fsp3) is 0.364. The minimum atomic E-state index is -0.601. The van der Waals surface area contributed by atoms with Crippen LogP contribution in [0.15, 0.2) is 18.2 Å². The molecule has 1 aliphatic heterocycles. The van der Waals surface area contributed by atoms with Crippen LogP contribution in [-0.2, 0) is 4.79 Å². The van der Waals surface area contributed by atoms with Crippen LogP contribution in [0, 0.1) is 0 Å². The van der Waals surface area contributed by atoms with Gasteiger partial charge >= 0.3 is 0 Å². The van der Waals surface area contributed by atoms with Gasteiger partial charge in [0.05, 0.1) is 5.69 Å². The van der Waals surface area contributed by atoms with Gasteiger partial charge in [0, 0.05) is 19.8 Å². The van der Waals surface area contributed by atoms with E-state index in [4.69, 9.17) is 10.5 Å². The zero-order chi connectivity index (χ0) is 11.7. The second-order valence-corrected chi connectivity index (χ2v) is 3.75. The number of amides is 1. The molecular weight excluding hydrogens is 206 g/mol. The predicted molar refractivity (Wildman–Crippen MR) is 62.9 cm³/mol. The maximum absolute atomic E-state index is 11.8. The molecule has 0 radical (unpaired) electrons. The number of hydrogen-bond donors (Lipinski definition) is 2. The number of ether oxygens (including phenoxy) is 1. The van der Waals surface area contributed by atoms with E-state index in [-0.39, 0.29) is 12.5 Å². The average Bonchev–Trinajstić information content (AvgIpc) is 2.42. The predicted octanol–water partition coefficient (Wildman–Crippen LogP) is 0.411. The van der Waals surface area contributed by atoms with Gasteiger partial charge in [0.2, 0.25) is 5.91 Å². The van der Waals surface area contributed by atoms with Crippen LogP contribution < -0.4 is 20.7 Å². The van der Waals surface area contributed by atoms with Gasteiger partial charge in [-0.3, -0.25) is 4.79 Å². The zero-order valence-corrected chi connectivity index (χ0v) is 9.36. The van der Waals surface area contributed by atoms with Crippen molar-refractivity contribution in [2.45, 2.75) is 6.04 Å². The summed E-state index contributed by atoms with van der Waals surface area (Å²) in [4.78, 5) is 13.3. The lowest BCUT2D eigenvalue weighted by Gasteiger charge is -2.18. The Kier molecular flexibility index (Phi) is 2.70. The third-order valence-electron chi connectivity index (χ3n) is 2.68. The van der Waals surface area contributed by atoms with Gasteiger partial charge in [-0.15, -0.1) is 0 Å². The van der Waals surface area contributed by atoms with E-state index in [1.807, 2.05) is 25.2 Å². The van der Waals surface area contributed by atoms with Gasteiger partial charge in [-0.25, -0.2) is 0 Å². The molecule has 0 fully saturated rings. The minimum Gasteiger partial charge on any atom is -0.489 e. The quantitative estimate of drug-likeness (QED) is 0.720. The minimum absolute atomic E-state index is 0.132. The van der Waals surface area contributed by atoms with E-state index < -0.39 is 6.04 Å². The summed E-state index contributed by atoms with van der Waals surface area (Å²) in [5, 5.41) is 3.02. The van der Waals surface area contributed by atoms with Crippen molar-refractivity contribution in [1.29, 1.82) is 0 Å². The molecule has 0 aromatic heterocycles. The number of likely N-dealkylation sites (N-methyl/N-ethyl adjacent to an activating group) is 1. The van der Waals surface area contributed by atoms with E-state index in [0.29, 0.717) is 5.75 Å². The van der Waals surface area contributed by atoms with Crippen LogP contribution in [0.2, 0.25) is 0 Å². The van der Waals surface area contributed by atoms with Gasteiger partial charge in [0.1, 0.15) is 18.4 Å². The first-order valence-corrected chi connectivity index (χ1v) is 5.11. The van der Waals surface area contributed by atoms with Crippen molar-refractivity contribution in [2.24, 2.45) is 5.73 Å². The summed E-state index contributed by atoms with van der Waals surface area (Å²) in [6.45, 7) is 0.217. The molecule has 3 N–H and O–H groups in total. The van der Waals surface area contributed by atoms with Gasteiger partial charge in [-0.2, -0.15) is 0 Å². The molecule has 5 heteroatoms. The van der Waals surface area contributed by atoms with Crippen LogP contribution in [-0.4, -0.2) is 32.7 Å². The molecule has 16 heavy (non-hydrogen) atoms. The van der Waals surface area contributed by atoms with E-state index in [1.54, 1.807) is 7.05 Å². The Balaban J connectivity index is 2.45. The summed E-state index contributed by atoms with van der Waals surface area (Å²) < 4.78 is 5.49.